The van der Waals surface area contributed by atoms with E-state index in [9.17, 15) is 4.79 Å². The molecule has 0 aliphatic heterocycles. The van der Waals surface area contributed by atoms with Crippen LogP contribution in [0.5, 0.6) is 5.75 Å². The van der Waals surface area contributed by atoms with E-state index in [0.29, 0.717) is 24.3 Å². The molecule has 0 unspecified atom stereocenters. The minimum atomic E-state index is 0.0553. The lowest BCUT2D eigenvalue weighted by atomic mass is 10.1. The van der Waals surface area contributed by atoms with Gasteiger partial charge in [-0.3, -0.25) is 9.48 Å². The van der Waals surface area contributed by atoms with Crippen molar-refractivity contribution in [3.8, 4) is 5.75 Å². The van der Waals surface area contributed by atoms with Gasteiger partial charge in [-0.15, -0.1) is 0 Å². The molecule has 0 aliphatic carbocycles. The average Bonchev–Trinajstić information content (AvgIpc) is 2.80. The summed E-state index contributed by atoms with van der Waals surface area (Å²) in [6.45, 7) is 4.52. The Morgan fingerprint density at radius 1 is 1.30 bits per heavy atom. The normalized spacial score (nSPS) is 10.6. The van der Waals surface area contributed by atoms with Crippen molar-refractivity contribution in [1.82, 2.24) is 9.78 Å². The van der Waals surface area contributed by atoms with Crippen molar-refractivity contribution < 1.29 is 9.53 Å². The van der Waals surface area contributed by atoms with Crippen LogP contribution in [0.25, 0.3) is 0 Å². The number of hydrogen-bond donors (Lipinski definition) is 0. The van der Waals surface area contributed by atoms with Gasteiger partial charge in [0.05, 0.1) is 24.3 Å². The van der Waals surface area contributed by atoms with Crippen molar-refractivity contribution in [1.29, 1.82) is 0 Å². The lowest BCUT2D eigenvalue weighted by molar-refractivity contribution is 0.0987. The van der Waals surface area contributed by atoms with Crippen molar-refractivity contribution in [3.63, 3.8) is 0 Å². The van der Waals surface area contributed by atoms with E-state index in [0.717, 1.165) is 17.8 Å². The van der Waals surface area contributed by atoms with E-state index >= 15 is 0 Å². The van der Waals surface area contributed by atoms with Crippen LogP contribution in [0.4, 0.5) is 0 Å². The second-order valence-corrected chi connectivity index (χ2v) is 4.63. The van der Waals surface area contributed by atoms with E-state index in [2.05, 4.69) is 12.0 Å². The molecular formula is C16H20N2O2. The van der Waals surface area contributed by atoms with Crippen molar-refractivity contribution in [2.24, 2.45) is 7.05 Å². The zero-order valence-corrected chi connectivity index (χ0v) is 12.2. The summed E-state index contributed by atoms with van der Waals surface area (Å²) in [6.07, 6.45) is 1.21. The van der Waals surface area contributed by atoms with Crippen LogP contribution in [0, 0.1) is 0 Å². The van der Waals surface area contributed by atoms with E-state index < -0.39 is 0 Å². The number of carbonyl (C=O) groups is 1. The molecule has 2 rings (SSSR count). The summed E-state index contributed by atoms with van der Waals surface area (Å²) in [4.78, 5) is 12.4. The SMILES string of the molecule is CCOc1ccccc1C(=O)Cc1cc(CC)nn1C. The molecule has 0 N–H and O–H groups in total. The Balaban J connectivity index is 2.21. The van der Waals surface area contributed by atoms with Crippen LogP contribution in [0.2, 0.25) is 0 Å². The van der Waals surface area contributed by atoms with Gasteiger partial charge in [-0.1, -0.05) is 19.1 Å². The average molecular weight is 272 g/mol. The van der Waals surface area contributed by atoms with Gasteiger partial charge in [0.2, 0.25) is 0 Å². The second kappa shape index (κ2) is 6.37. The predicted molar refractivity (Wildman–Crippen MR) is 78.2 cm³/mol. The molecule has 0 spiro atoms. The number of carbonyl (C=O) groups excluding carboxylic acids is 1. The Morgan fingerprint density at radius 2 is 2.05 bits per heavy atom. The number of aromatic nitrogens is 2. The Morgan fingerprint density at radius 3 is 2.70 bits per heavy atom. The third-order valence-electron chi connectivity index (χ3n) is 3.22. The van der Waals surface area contributed by atoms with Crippen LogP contribution < -0.4 is 4.74 Å². The van der Waals surface area contributed by atoms with Crippen LogP contribution in [0.15, 0.2) is 30.3 Å². The van der Waals surface area contributed by atoms with Crippen molar-refractivity contribution >= 4 is 5.78 Å². The number of rotatable bonds is 6. The van der Waals surface area contributed by atoms with E-state index in [4.69, 9.17) is 4.74 Å². The van der Waals surface area contributed by atoms with Crippen molar-refractivity contribution in [2.75, 3.05) is 6.61 Å². The molecule has 0 amide bonds. The molecule has 0 aliphatic rings. The molecule has 4 heteroatoms. The van der Waals surface area contributed by atoms with Gasteiger partial charge in [-0.05, 0) is 31.5 Å². The highest BCUT2D eigenvalue weighted by atomic mass is 16.5. The van der Waals surface area contributed by atoms with Crippen LogP contribution in [0.1, 0.15) is 35.6 Å². The Kier molecular flexibility index (Phi) is 4.56. The largest absolute Gasteiger partial charge is 0.493 e. The molecule has 0 fully saturated rings. The van der Waals surface area contributed by atoms with Gasteiger partial charge in [0, 0.05) is 12.7 Å². The molecule has 1 heterocycles. The van der Waals surface area contributed by atoms with Gasteiger partial charge in [-0.2, -0.15) is 5.10 Å². The Bertz CT molecular complexity index is 602. The van der Waals surface area contributed by atoms with Crippen LogP contribution in [-0.4, -0.2) is 22.2 Å². The lowest BCUT2D eigenvalue weighted by Crippen LogP contribution is -2.09. The van der Waals surface area contributed by atoms with E-state index in [-0.39, 0.29) is 5.78 Å². The monoisotopic (exact) mass is 272 g/mol. The molecule has 0 atom stereocenters. The van der Waals surface area contributed by atoms with Gasteiger partial charge in [0.25, 0.3) is 0 Å². The minimum Gasteiger partial charge on any atom is -0.493 e. The first-order valence-corrected chi connectivity index (χ1v) is 6.92. The van der Waals surface area contributed by atoms with Crippen molar-refractivity contribution in [2.45, 2.75) is 26.7 Å². The molecule has 1 aromatic carbocycles. The third kappa shape index (κ3) is 3.07. The molecule has 1 aromatic heterocycles. The molecular weight excluding hydrogens is 252 g/mol. The topological polar surface area (TPSA) is 44.1 Å². The molecule has 0 bridgehead atoms. The number of nitrogens with zero attached hydrogens (tertiary/aromatic N) is 2. The number of Topliss-reactive ketones (excluding diaryl/α,β-unsaturated/α-hetero) is 1. The van der Waals surface area contributed by atoms with Crippen LogP contribution in [-0.2, 0) is 19.9 Å². The maximum atomic E-state index is 12.4. The summed E-state index contributed by atoms with van der Waals surface area (Å²) in [6, 6.07) is 9.36. The number of ether oxygens (including phenoxy) is 1. The summed E-state index contributed by atoms with van der Waals surface area (Å²) >= 11 is 0. The number of para-hydroxylation sites is 1. The highest BCUT2D eigenvalue weighted by molar-refractivity contribution is 5.99. The standard InChI is InChI=1S/C16H20N2O2/c1-4-12-10-13(18(3)17-12)11-15(19)14-8-6-7-9-16(14)20-5-2/h6-10H,4-5,11H2,1-3H3. The maximum Gasteiger partial charge on any atom is 0.172 e. The van der Waals surface area contributed by atoms with E-state index in [1.165, 1.54) is 0 Å². The van der Waals surface area contributed by atoms with Gasteiger partial charge in [0.1, 0.15) is 5.75 Å². The molecule has 0 saturated heterocycles. The number of ketones is 1. The fourth-order valence-electron chi connectivity index (χ4n) is 2.15. The second-order valence-electron chi connectivity index (χ2n) is 4.63. The molecule has 0 radical (unpaired) electrons. The number of benzene rings is 1. The summed E-state index contributed by atoms with van der Waals surface area (Å²) in [7, 11) is 1.87. The summed E-state index contributed by atoms with van der Waals surface area (Å²) in [5.74, 6) is 0.706. The van der Waals surface area contributed by atoms with Gasteiger partial charge in [-0.25, -0.2) is 0 Å². The first-order valence-electron chi connectivity index (χ1n) is 6.92. The molecule has 2 aromatic rings. The molecule has 4 nitrogen and oxygen atoms in total. The van der Waals surface area contributed by atoms with Crippen LogP contribution >= 0.6 is 0 Å². The fraction of sp³-hybridized carbons (Fsp3) is 0.375. The molecule has 0 saturated carbocycles. The van der Waals surface area contributed by atoms with Crippen LogP contribution in [0.3, 0.4) is 0 Å². The molecule has 106 valence electrons. The first kappa shape index (κ1) is 14.3. The highest BCUT2D eigenvalue weighted by Gasteiger charge is 2.15. The third-order valence-corrected chi connectivity index (χ3v) is 3.22. The summed E-state index contributed by atoms with van der Waals surface area (Å²) in [5.41, 5.74) is 2.57. The Labute approximate surface area is 119 Å². The first-order chi connectivity index (χ1) is 9.65. The lowest BCUT2D eigenvalue weighted by Gasteiger charge is -2.09. The minimum absolute atomic E-state index is 0.0553. The van der Waals surface area contributed by atoms with Gasteiger partial charge in [0.15, 0.2) is 5.78 Å². The van der Waals surface area contributed by atoms with Crippen molar-refractivity contribution in [3.05, 3.63) is 47.3 Å². The fourth-order valence-corrected chi connectivity index (χ4v) is 2.15. The van der Waals surface area contributed by atoms with E-state index in [1.807, 2.05) is 44.3 Å². The quantitative estimate of drug-likeness (QED) is 0.759. The van der Waals surface area contributed by atoms with Gasteiger partial charge >= 0.3 is 0 Å². The highest BCUT2D eigenvalue weighted by Crippen LogP contribution is 2.20. The number of hydrogen-bond acceptors (Lipinski definition) is 3. The summed E-state index contributed by atoms with van der Waals surface area (Å²) in [5, 5.41) is 4.37. The maximum absolute atomic E-state index is 12.4. The zero-order chi connectivity index (χ0) is 14.5. The predicted octanol–water partition coefficient (Wildman–Crippen LogP) is 2.81. The smallest absolute Gasteiger partial charge is 0.172 e. The Hall–Kier alpha value is -2.10. The van der Waals surface area contributed by atoms with Gasteiger partial charge < -0.3 is 4.74 Å². The summed E-state index contributed by atoms with van der Waals surface area (Å²) < 4.78 is 7.29. The number of aryl methyl sites for hydroxylation is 2. The zero-order valence-electron chi connectivity index (χ0n) is 12.2. The van der Waals surface area contributed by atoms with E-state index in [1.54, 1.807) is 4.68 Å². The molecule has 20 heavy (non-hydrogen) atoms.